The van der Waals surface area contributed by atoms with E-state index in [0.29, 0.717) is 16.8 Å². The summed E-state index contributed by atoms with van der Waals surface area (Å²) in [4.78, 5) is 7.65. The molecule has 2 heterocycles. The molecule has 1 atom stereocenters. The summed E-state index contributed by atoms with van der Waals surface area (Å²) in [5.74, 6) is 1.65. The standard InChI is InChI=1S/C25H30N2O3S.ClH/c1-4-31(28,29)23-13-11-21(12-14-23)20-7-9-22(10-8-20)25-26-24(19(3)30-25)15-17-27-16-5-6-18(27)2;/h7-14,18H,4-6,15-17H2,1-3H3;1H/t18-;/m1./s1. The second-order valence-electron chi connectivity index (χ2n) is 8.30. The molecule has 0 amide bonds. The zero-order valence-electron chi connectivity index (χ0n) is 18.9. The van der Waals surface area contributed by atoms with E-state index in [0.717, 1.165) is 41.1 Å². The van der Waals surface area contributed by atoms with Crippen molar-refractivity contribution >= 4 is 22.2 Å². The first-order valence-electron chi connectivity index (χ1n) is 11.0. The fourth-order valence-corrected chi connectivity index (χ4v) is 5.07. The van der Waals surface area contributed by atoms with Gasteiger partial charge in [0.25, 0.3) is 0 Å². The van der Waals surface area contributed by atoms with E-state index in [1.54, 1.807) is 19.1 Å². The maximum atomic E-state index is 12.0. The molecule has 0 aliphatic carbocycles. The number of aryl methyl sites for hydroxylation is 1. The van der Waals surface area contributed by atoms with Gasteiger partial charge in [0.2, 0.25) is 5.89 Å². The Morgan fingerprint density at radius 3 is 2.19 bits per heavy atom. The Bertz CT molecular complexity index is 1140. The minimum atomic E-state index is -3.18. The van der Waals surface area contributed by atoms with Gasteiger partial charge in [-0.3, -0.25) is 0 Å². The van der Waals surface area contributed by atoms with E-state index in [2.05, 4.69) is 11.8 Å². The molecule has 3 aromatic rings. The van der Waals surface area contributed by atoms with Crippen molar-refractivity contribution in [2.75, 3.05) is 18.8 Å². The van der Waals surface area contributed by atoms with Crippen molar-refractivity contribution in [1.29, 1.82) is 0 Å². The Hall–Kier alpha value is -2.15. The topological polar surface area (TPSA) is 63.4 Å². The van der Waals surface area contributed by atoms with Crippen molar-refractivity contribution in [3.05, 3.63) is 60.0 Å². The molecule has 0 N–H and O–H groups in total. The largest absolute Gasteiger partial charge is 0.441 e. The van der Waals surface area contributed by atoms with Crippen LogP contribution in [0.4, 0.5) is 0 Å². The Kier molecular flexibility index (Phi) is 7.80. The van der Waals surface area contributed by atoms with Crippen molar-refractivity contribution in [1.82, 2.24) is 9.88 Å². The molecule has 0 unspecified atom stereocenters. The molecule has 0 spiro atoms. The second-order valence-corrected chi connectivity index (χ2v) is 10.6. The fourth-order valence-electron chi connectivity index (χ4n) is 4.18. The summed E-state index contributed by atoms with van der Waals surface area (Å²) in [6, 6.07) is 15.8. The van der Waals surface area contributed by atoms with Gasteiger partial charge in [-0.15, -0.1) is 12.4 Å². The summed E-state index contributed by atoms with van der Waals surface area (Å²) in [7, 11) is -3.18. The molecule has 2 aromatic carbocycles. The van der Waals surface area contributed by atoms with Crippen LogP contribution in [0, 0.1) is 6.92 Å². The smallest absolute Gasteiger partial charge is 0.226 e. The van der Waals surface area contributed by atoms with Gasteiger partial charge in [0.1, 0.15) is 5.76 Å². The first-order chi connectivity index (χ1) is 14.9. The lowest BCUT2D eigenvalue weighted by atomic mass is 10.0. The highest BCUT2D eigenvalue weighted by Gasteiger charge is 2.21. The molecule has 0 radical (unpaired) electrons. The molecule has 0 saturated carbocycles. The number of nitrogens with zero attached hydrogens (tertiary/aromatic N) is 2. The summed E-state index contributed by atoms with van der Waals surface area (Å²) < 4.78 is 30.0. The number of sulfone groups is 1. The number of likely N-dealkylation sites (tertiary alicyclic amines) is 1. The van der Waals surface area contributed by atoms with Crippen molar-refractivity contribution in [2.45, 2.75) is 51.0 Å². The molecule has 32 heavy (non-hydrogen) atoms. The van der Waals surface area contributed by atoms with Crippen molar-refractivity contribution in [3.8, 4) is 22.6 Å². The van der Waals surface area contributed by atoms with Gasteiger partial charge >= 0.3 is 0 Å². The number of rotatable bonds is 7. The van der Waals surface area contributed by atoms with Gasteiger partial charge in [-0.2, -0.15) is 0 Å². The van der Waals surface area contributed by atoms with E-state index in [1.807, 2.05) is 43.3 Å². The van der Waals surface area contributed by atoms with Crippen LogP contribution in [0.5, 0.6) is 0 Å². The molecule has 1 aromatic heterocycles. The molecule has 1 aliphatic rings. The zero-order chi connectivity index (χ0) is 22.0. The average Bonchev–Trinajstić information content (AvgIpc) is 3.37. The summed E-state index contributed by atoms with van der Waals surface area (Å²) in [5, 5.41) is 0. The van der Waals surface area contributed by atoms with Crippen LogP contribution in [0.3, 0.4) is 0 Å². The molecule has 1 saturated heterocycles. The Balaban J connectivity index is 0.00000289. The third-order valence-electron chi connectivity index (χ3n) is 6.28. The Morgan fingerprint density at radius 2 is 1.62 bits per heavy atom. The first-order valence-corrected chi connectivity index (χ1v) is 12.7. The van der Waals surface area contributed by atoms with Crippen LogP contribution in [-0.2, 0) is 16.3 Å². The van der Waals surface area contributed by atoms with Crippen LogP contribution in [-0.4, -0.2) is 43.2 Å². The number of oxazole rings is 1. The van der Waals surface area contributed by atoms with Gasteiger partial charge in [-0.05, 0) is 68.6 Å². The van der Waals surface area contributed by atoms with Crippen LogP contribution in [0.15, 0.2) is 57.8 Å². The van der Waals surface area contributed by atoms with Crippen LogP contribution in [0.2, 0.25) is 0 Å². The summed E-state index contributed by atoms with van der Waals surface area (Å²) >= 11 is 0. The second kappa shape index (κ2) is 10.2. The highest BCUT2D eigenvalue weighted by Crippen LogP contribution is 2.27. The van der Waals surface area contributed by atoms with E-state index in [4.69, 9.17) is 9.40 Å². The number of halogens is 1. The third kappa shape index (κ3) is 5.25. The molecule has 172 valence electrons. The lowest BCUT2D eigenvalue weighted by Crippen LogP contribution is -2.29. The number of aromatic nitrogens is 1. The monoisotopic (exact) mass is 474 g/mol. The Morgan fingerprint density at radius 1 is 1.03 bits per heavy atom. The molecular weight excluding hydrogens is 444 g/mol. The van der Waals surface area contributed by atoms with Crippen molar-refractivity contribution in [2.24, 2.45) is 0 Å². The van der Waals surface area contributed by atoms with Gasteiger partial charge in [0.05, 0.1) is 16.3 Å². The first kappa shape index (κ1) is 24.5. The molecular formula is C25H31ClN2O3S. The average molecular weight is 475 g/mol. The minimum Gasteiger partial charge on any atom is -0.441 e. The van der Waals surface area contributed by atoms with Gasteiger partial charge in [0, 0.05) is 24.6 Å². The minimum absolute atomic E-state index is 0. The van der Waals surface area contributed by atoms with Crippen LogP contribution in [0.25, 0.3) is 22.6 Å². The van der Waals surface area contributed by atoms with E-state index in [9.17, 15) is 8.42 Å². The predicted octanol–water partition coefficient (Wildman–Crippen LogP) is 5.56. The van der Waals surface area contributed by atoms with Crippen LogP contribution in [0.1, 0.15) is 38.1 Å². The van der Waals surface area contributed by atoms with Gasteiger partial charge in [0.15, 0.2) is 9.84 Å². The molecule has 7 heteroatoms. The van der Waals surface area contributed by atoms with Crippen molar-refractivity contribution in [3.63, 3.8) is 0 Å². The predicted molar refractivity (Wildman–Crippen MR) is 131 cm³/mol. The summed E-state index contributed by atoms with van der Waals surface area (Å²) in [5.41, 5.74) is 3.98. The van der Waals surface area contributed by atoms with E-state index < -0.39 is 9.84 Å². The maximum Gasteiger partial charge on any atom is 0.226 e. The van der Waals surface area contributed by atoms with E-state index >= 15 is 0 Å². The zero-order valence-corrected chi connectivity index (χ0v) is 20.5. The van der Waals surface area contributed by atoms with Gasteiger partial charge in [-0.25, -0.2) is 13.4 Å². The van der Waals surface area contributed by atoms with Crippen LogP contribution < -0.4 is 0 Å². The fraction of sp³-hybridized carbons (Fsp3) is 0.400. The molecule has 5 nitrogen and oxygen atoms in total. The number of hydrogen-bond donors (Lipinski definition) is 0. The summed E-state index contributed by atoms with van der Waals surface area (Å²) in [6.07, 6.45) is 3.48. The highest BCUT2D eigenvalue weighted by molar-refractivity contribution is 7.91. The summed E-state index contributed by atoms with van der Waals surface area (Å²) in [6.45, 7) is 8.14. The normalized spacial score (nSPS) is 16.8. The van der Waals surface area contributed by atoms with Crippen LogP contribution >= 0.6 is 12.4 Å². The number of hydrogen-bond acceptors (Lipinski definition) is 5. The lowest BCUT2D eigenvalue weighted by molar-refractivity contribution is 0.271. The quantitative estimate of drug-likeness (QED) is 0.448. The Labute approximate surface area is 197 Å². The highest BCUT2D eigenvalue weighted by atomic mass is 35.5. The number of benzene rings is 2. The molecule has 0 bridgehead atoms. The van der Waals surface area contributed by atoms with E-state index in [1.165, 1.54) is 19.4 Å². The van der Waals surface area contributed by atoms with E-state index in [-0.39, 0.29) is 18.2 Å². The van der Waals surface area contributed by atoms with Gasteiger partial charge in [-0.1, -0.05) is 31.2 Å². The SMILES string of the molecule is CCS(=O)(=O)c1ccc(-c2ccc(-c3nc(CCN4CCC[C@H]4C)c(C)o3)cc2)cc1.Cl. The van der Waals surface area contributed by atoms with Gasteiger partial charge < -0.3 is 9.32 Å². The molecule has 1 fully saturated rings. The lowest BCUT2D eigenvalue weighted by Gasteiger charge is -2.20. The maximum absolute atomic E-state index is 12.0. The third-order valence-corrected chi connectivity index (χ3v) is 8.03. The van der Waals surface area contributed by atoms with Crippen molar-refractivity contribution < 1.29 is 12.8 Å². The molecule has 1 aliphatic heterocycles. The molecule has 4 rings (SSSR count).